The Labute approximate surface area is 191 Å². The van der Waals surface area contributed by atoms with Crippen LogP contribution in [-0.2, 0) is 4.57 Å². The lowest BCUT2D eigenvalue weighted by Gasteiger charge is -2.31. The van der Waals surface area contributed by atoms with Crippen molar-refractivity contribution in [3.05, 3.63) is 96.6 Å². The Hall–Kier alpha value is -2.86. The van der Waals surface area contributed by atoms with Crippen molar-refractivity contribution >= 4 is 32.0 Å². The van der Waals surface area contributed by atoms with Crippen molar-refractivity contribution in [3.63, 3.8) is 0 Å². The summed E-state index contributed by atoms with van der Waals surface area (Å²) in [7, 11) is -3.21. The number of nitrogens with one attached hydrogen (secondary N) is 1. The maximum Gasteiger partial charge on any atom is 0.178 e. The molecule has 4 aromatic carbocycles. The summed E-state index contributed by atoms with van der Waals surface area (Å²) in [5.74, 6) is 0.815. The lowest BCUT2D eigenvalue weighted by Crippen LogP contribution is -2.17. The number of hydrogen-bond acceptors (Lipinski definition) is 3. The van der Waals surface area contributed by atoms with Crippen LogP contribution in [0.2, 0.25) is 0 Å². The topological polar surface area (TPSA) is 38.3 Å². The lowest BCUT2D eigenvalue weighted by molar-refractivity contribution is 0.588. The molecular weight excluding hydrogens is 432 g/mol. The fraction of sp³-hybridized carbons (Fsp3) is 0.111. The summed E-state index contributed by atoms with van der Waals surface area (Å²) in [6.07, 6.45) is 0.627. The molecule has 3 nitrogen and oxygen atoms in total. The van der Waals surface area contributed by atoms with Crippen LogP contribution in [0.4, 0.5) is 11.4 Å². The average Bonchev–Trinajstić information content (AvgIpc) is 2.83. The van der Waals surface area contributed by atoms with Crippen LogP contribution >= 0.6 is 15.3 Å². The molecule has 1 heterocycles. The molecule has 0 aromatic heterocycles. The van der Waals surface area contributed by atoms with E-state index in [0.29, 0.717) is 6.16 Å². The summed E-state index contributed by atoms with van der Waals surface area (Å²) < 4.78 is 19.8. The third-order valence-electron chi connectivity index (χ3n) is 5.64. The standard InChI is InChI=1S/C27H25NO2P2/c1-3-31(29)32-27-22(20-11-5-4-6-12-20)16-17-24(28-21-13-9-10-19(2)18-21)26(27)23-14-7-8-15-25(23)30-32/h4-18,28,31H,3H2,1-2H3. The highest BCUT2D eigenvalue weighted by molar-refractivity contribution is 8.25. The molecule has 0 bridgehead atoms. The second-order valence-electron chi connectivity index (χ2n) is 7.87. The Morgan fingerprint density at radius 3 is 2.44 bits per heavy atom. The number of rotatable bonds is 5. The highest BCUT2D eigenvalue weighted by Gasteiger charge is 2.34. The van der Waals surface area contributed by atoms with Crippen molar-refractivity contribution in [1.29, 1.82) is 0 Å². The Bertz CT molecular complexity index is 1300. The Morgan fingerprint density at radius 2 is 1.66 bits per heavy atom. The van der Waals surface area contributed by atoms with Gasteiger partial charge in [0, 0.05) is 34.0 Å². The van der Waals surface area contributed by atoms with E-state index in [1.54, 1.807) is 0 Å². The third-order valence-corrected chi connectivity index (χ3v) is 11.2. The third kappa shape index (κ3) is 3.88. The van der Waals surface area contributed by atoms with Crippen LogP contribution in [-0.4, -0.2) is 6.16 Å². The van der Waals surface area contributed by atoms with Gasteiger partial charge < -0.3 is 14.4 Å². The van der Waals surface area contributed by atoms with Gasteiger partial charge in [-0.05, 0) is 47.9 Å². The maximum absolute atomic E-state index is 13.3. The van der Waals surface area contributed by atoms with Crippen molar-refractivity contribution in [3.8, 4) is 28.0 Å². The predicted octanol–water partition coefficient (Wildman–Crippen LogP) is 7.98. The molecule has 1 aliphatic heterocycles. The van der Waals surface area contributed by atoms with Crippen LogP contribution in [0.1, 0.15) is 12.5 Å². The smallest absolute Gasteiger partial charge is 0.178 e. The molecule has 2 unspecified atom stereocenters. The van der Waals surface area contributed by atoms with Gasteiger partial charge in [-0.3, -0.25) is 0 Å². The largest absolute Gasteiger partial charge is 0.461 e. The Morgan fingerprint density at radius 1 is 0.875 bits per heavy atom. The fourth-order valence-electron chi connectivity index (χ4n) is 4.12. The molecule has 0 aliphatic carbocycles. The summed E-state index contributed by atoms with van der Waals surface area (Å²) in [4.78, 5) is 0. The Balaban J connectivity index is 1.79. The molecule has 5 heteroatoms. The van der Waals surface area contributed by atoms with Crippen molar-refractivity contribution in [2.45, 2.75) is 13.8 Å². The molecule has 2 atom stereocenters. The predicted molar refractivity (Wildman–Crippen MR) is 139 cm³/mol. The summed E-state index contributed by atoms with van der Waals surface area (Å²) in [5, 5.41) is 4.71. The van der Waals surface area contributed by atoms with Gasteiger partial charge >= 0.3 is 0 Å². The molecule has 5 rings (SSSR count). The number of fused-ring (bicyclic) bond motifs is 3. The van der Waals surface area contributed by atoms with Crippen LogP contribution in [0.3, 0.4) is 0 Å². The summed E-state index contributed by atoms with van der Waals surface area (Å²) in [6.45, 7) is 4.08. The zero-order chi connectivity index (χ0) is 22.1. The van der Waals surface area contributed by atoms with Gasteiger partial charge in [0.1, 0.15) is 13.2 Å². The highest BCUT2D eigenvalue weighted by Crippen LogP contribution is 2.66. The van der Waals surface area contributed by atoms with Crippen molar-refractivity contribution in [2.75, 3.05) is 11.5 Å². The SMILES string of the molecule is CC[PH](=O)P1Oc2ccccc2-c2c(Nc3cccc(C)c3)ccc(-c3ccccc3)c21. The minimum atomic E-state index is -1.94. The first-order valence-corrected chi connectivity index (χ1v) is 14.5. The van der Waals surface area contributed by atoms with Crippen LogP contribution in [0, 0.1) is 6.92 Å². The number of anilines is 2. The zero-order valence-corrected chi connectivity index (χ0v) is 20.0. The van der Waals surface area contributed by atoms with Crippen LogP contribution in [0.25, 0.3) is 22.3 Å². The first-order chi connectivity index (χ1) is 15.7. The van der Waals surface area contributed by atoms with E-state index in [4.69, 9.17) is 4.52 Å². The average molecular weight is 457 g/mol. The van der Waals surface area contributed by atoms with Crippen LogP contribution in [0.5, 0.6) is 5.75 Å². The second-order valence-corrected chi connectivity index (χ2v) is 13.3. The van der Waals surface area contributed by atoms with Crippen molar-refractivity contribution in [2.24, 2.45) is 0 Å². The zero-order valence-electron chi connectivity index (χ0n) is 18.1. The van der Waals surface area contributed by atoms with Crippen molar-refractivity contribution in [1.82, 2.24) is 0 Å². The van der Waals surface area contributed by atoms with Gasteiger partial charge in [-0.15, -0.1) is 0 Å². The maximum atomic E-state index is 13.3. The molecule has 0 amide bonds. The number of benzene rings is 4. The van der Waals surface area contributed by atoms with Gasteiger partial charge in [-0.2, -0.15) is 0 Å². The molecule has 4 aromatic rings. The van der Waals surface area contributed by atoms with E-state index in [1.807, 2.05) is 43.3 Å². The molecule has 0 saturated carbocycles. The fourth-order valence-corrected chi connectivity index (χ4v) is 8.98. The number of aryl methyl sites for hydroxylation is 1. The molecule has 1 N–H and O–H groups in total. The normalized spacial score (nSPS) is 15.2. The number of para-hydroxylation sites is 1. The van der Waals surface area contributed by atoms with Crippen LogP contribution < -0.4 is 15.1 Å². The monoisotopic (exact) mass is 457 g/mol. The van der Waals surface area contributed by atoms with E-state index in [9.17, 15) is 4.57 Å². The first-order valence-electron chi connectivity index (χ1n) is 10.8. The van der Waals surface area contributed by atoms with Gasteiger partial charge in [0.25, 0.3) is 0 Å². The van der Waals surface area contributed by atoms with Crippen molar-refractivity contribution < 1.29 is 9.09 Å². The summed E-state index contributed by atoms with van der Waals surface area (Å²) in [5.41, 5.74) is 7.62. The molecule has 0 fully saturated rings. The minimum Gasteiger partial charge on any atom is -0.461 e. The minimum absolute atomic E-state index is 0.627. The van der Waals surface area contributed by atoms with Gasteiger partial charge in [0.05, 0.1) is 0 Å². The van der Waals surface area contributed by atoms with Gasteiger partial charge in [-0.1, -0.05) is 73.7 Å². The summed E-state index contributed by atoms with van der Waals surface area (Å²) in [6, 6.07) is 31.1. The summed E-state index contributed by atoms with van der Waals surface area (Å²) >= 11 is 0. The molecule has 160 valence electrons. The van der Waals surface area contributed by atoms with Crippen LogP contribution in [0.15, 0.2) is 91.0 Å². The molecular formula is C27H25NO2P2. The van der Waals surface area contributed by atoms with E-state index in [0.717, 1.165) is 44.7 Å². The second kappa shape index (κ2) is 8.94. The quantitative estimate of drug-likeness (QED) is 0.309. The van der Waals surface area contributed by atoms with Gasteiger partial charge in [0.2, 0.25) is 0 Å². The van der Waals surface area contributed by atoms with E-state index >= 15 is 0 Å². The molecule has 0 radical (unpaired) electrons. The first kappa shape index (κ1) is 21.0. The lowest BCUT2D eigenvalue weighted by atomic mass is 9.96. The van der Waals surface area contributed by atoms with E-state index in [1.165, 1.54) is 5.56 Å². The van der Waals surface area contributed by atoms with E-state index < -0.39 is 15.3 Å². The molecule has 32 heavy (non-hydrogen) atoms. The van der Waals surface area contributed by atoms with Gasteiger partial charge in [0.15, 0.2) is 7.84 Å². The molecule has 0 saturated heterocycles. The molecule has 0 spiro atoms. The Kier molecular flexibility index (Phi) is 5.87. The number of hydrogen-bond donors (Lipinski definition) is 1. The molecule has 1 aliphatic rings. The van der Waals surface area contributed by atoms with Gasteiger partial charge in [-0.25, -0.2) is 0 Å². The van der Waals surface area contributed by atoms with E-state index in [2.05, 4.69) is 66.8 Å². The highest BCUT2D eigenvalue weighted by atomic mass is 32.1. The van der Waals surface area contributed by atoms with E-state index in [-0.39, 0.29) is 0 Å².